The van der Waals surface area contributed by atoms with E-state index in [9.17, 15) is 18.0 Å². The average molecular weight is 372 g/mol. The quantitative estimate of drug-likeness (QED) is 0.812. The van der Waals surface area contributed by atoms with Crippen LogP contribution >= 0.6 is 11.6 Å². The monoisotopic (exact) mass is 371 g/mol. The Balaban J connectivity index is 1.94. The van der Waals surface area contributed by atoms with E-state index in [1.807, 2.05) is 18.1 Å². The first-order chi connectivity index (χ1) is 11.9. The number of hydrogen-bond donors (Lipinski definition) is 1. The van der Waals surface area contributed by atoms with Gasteiger partial charge in [-0.15, -0.1) is 0 Å². The standard InChI is InChI=1S/C17H17ClF3N3O/c1-2-9-3-4-11(18)7-10(9)8-24(12-5-6-12)17(25)13-14(15(19)20)22-23-16(13)21/h3-4,7,12,15H,2,5-6,8H2,1H3,(H,22,23). The second kappa shape index (κ2) is 7.07. The first-order valence-corrected chi connectivity index (χ1v) is 8.40. The summed E-state index contributed by atoms with van der Waals surface area (Å²) in [5.74, 6) is -1.90. The number of hydrogen-bond acceptors (Lipinski definition) is 2. The number of benzene rings is 1. The Morgan fingerprint density at radius 1 is 1.40 bits per heavy atom. The summed E-state index contributed by atoms with van der Waals surface area (Å²) in [5, 5.41) is 5.60. The number of nitrogens with zero attached hydrogens (tertiary/aromatic N) is 2. The van der Waals surface area contributed by atoms with Gasteiger partial charge < -0.3 is 4.90 Å². The van der Waals surface area contributed by atoms with Crippen LogP contribution in [0.15, 0.2) is 18.2 Å². The minimum Gasteiger partial charge on any atom is -0.331 e. The third kappa shape index (κ3) is 3.66. The number of alkyl halides is 2. The first kappa shape index (κ1) is 17.8. The van der Waals surface area contributed by atoms with E-state index in [1.165, 1.54) is 4.90 Å². The molecule has 0 unspecified atom stereocenters. The highest BCUT2D eigenvalue weighted by atomic mass is 35.5. The van der Waals surface area contributed by atoms with Crippen molar-refractivity contribution >= 4 is 17.5 Å². The van der Waals surface area contributed by atoms with Gasteiger partial charge in [0.1, 0.15) is 11.3 Å². The van der Waals surface area contributed by atoms with Gasteiger partial charge in [0.05, 0.1) is 0 Å². The van der Waals surface area contributed by atoms with Gasteiger partial charge >= 0.3 is 0 Å². The molecule has 0 spiro atoms. The molecule has 0 bridgehead atoms. The van der Waals surface area contributed by atoms with Crippen LogP contribution < -0.4 is 0 Å². The molecule has 134 valence electrons. The molecule has 1 aliphatic rings. The molecule has 1 heterocycles. The fourth-order valence-electron chi connectivity index (χ4n) is 2.86. The molecule has 1 saturated carbocycles. The van der Waals surface area contributed by atoms with E-state index in [1.54, 1.807) is 12.1 Å². The molecule has 1 aromatic carbocycles. The highest BCUT2D eigenvalue weighted by Crippen LogP contribution is 2.33. The second-order valence-electron chi connectivity index (χ2n) is 6.03. The summed E-state index contributed by atoms with van der Waals surface area (Å²) < 4.78 is 40.0. The molecule has 1 aromatic heterocycles. The van der Waals surface area contributed by atoms with E-state index >= 15 is 0 Å². The van der Waals surface area contributed by atoms with Crippen LogP contribution in [0.4, 0.5) is 13.2 Å². The summed E-state index contributed by atoms with van der Waals surface area (Å²) in [7, 11) is 0. The summed E-state index contributed by atoms with van der Waals surface area (Å²) in [4.78, 5) is 14.2. The van der Waals surface area contributed by atoms with Crippen LogP contribution in [-0.4, -0.2) is 27.0 Å². The molecule has 25 heavy (non-hydrogen) atoms. The molecule has 4 nitrogen and oxygen atoms in total. The van der Waals surface area contributed by atoms with Crippen molar-refractivity contribution in [2.75, 3.05) is 0 Å². The Bertz CT molecular complexity index is 789. The van der Waals surface area contributed by atoms with E-state index in [0.717, 1.165) is 30.4 Å². The fourth-order valence-corrected chi connectivity index (χ4v) is 3.06. The summed E-state index contributed by atoms with van der Waals surface area (Å²) in [6, 6.07) is 5.30. The number of H-pyrrole nitrogens is 1. The van der Waals surface area contributed by atoms with Gasteiger partial charge in [0.15, 0.2) is 0 Å². The number of nitrogens with one attached hydrogen (secondary N) is 1. The van der Waals surface area contributed by atoms with E-state index in [-0.39, 0.29) is 12.6 Å². The van der Waals surface area contributed by atoms with Crippen LogP contribution in [0.3, 0.4) is 0 Å². The predicted octanol–water partition coefficient (Wildman–Crippen LogP) is 4.51. The average Bonchev–Trinajstić information content (AvgIpc) is 3.33. The van der Waals surface area contributed by atoms with Crippen LogP contribution in [0.5, 0.6) is 0 Å². The molecule has 2 aromatic rings. The summed E-state index contributed by atoms with van der Waals surface area (Å²) in [5.41, 5.74) is 0.305. The lowest BCUT2D eigenvalue weighted by atomic mass is 10.0. The zero-order valence-corrected chi connectivity index (χ0v) is 14.3. The van der Waals surface area contributed by atoms with Crippen LogP contribution in [0.25, 0.3) is 0 Å². The maximum atomic E-state index is 13.9. The molecule has 1 N–H and O–H groups in total. The van der Waals surface area contributed by atoms with E-state index < -0.39 is 29.5 Å². The van der Waals surface area contributed by atoms with Crippen molar-refractivity contribution in [3.8, 4) is 0 Å². The number of carbonyl (C=O) groups is 1. The minimum absolute atomic E-state index is 0.0870. The lowest BCUT2D eigenvalue weighted by Gasteiger charge is -2.24. The van der Waals surface area contributed by atoms with Crippen LogP contribution in [0.1, 0.15) is 53.4 Å². The van der Waals surface area contributed by atoms with Gasteiger partial charge in [0.2, 0.25) is 5.95 Å². The molecule has 8 heteroatoms. The van der Waals surface area contributed by atoms with Crippen molar-refractivity contribution in [3.05, 3.63) is 51.6 Å². The highest BCUT2D eigenvalue weighted by molar-refractivity contribution is 6.30. The molecule has 1 amide bonds. The molecule has 3 rings (SSSR count). The first-order valence-electron chi connectivity index (χ1n) is 8.02. The smallest absolute Gasteiger partial charge is 0.283 e. The molecule has 0 radical (unpaired) electrons. The highest BCUT2D eigenvalue weighted by Gasteiger charge is 2.37. The lowest BCUT2D eigenvalue weighted by Crippen LogP contribution is -2.34. The normalized spacial score (nSPS) is 14.2. The zero-order valence-electron chi connectivity index (χ0n) is 13.5. The van der Waals surface area contributed by atoms with Gasteiger partial charge in [0, 0.05) is 17.6 Å². The van der Waals surface area contributed by atoms with Crippen LogP contribution in [0.2, 0.25) is 5.02 Å². The number of amides is 1. The SMILES string of the molecule is CCc1ccc(Cl)cc1CN(C(=O)c1c(C(F)F)n[nH]c1F)C1CC1. The minimum atomic E-state index is -3.03. The van der Waals surface area contributed by atoms with Crippen LogP contribution in [-0.2, 0) is 13.0 Å². The third-order valence-corrected chi connectivity index (χ3v) is 4.54. The Kier molecular flexibility index (Phi) is 5.03. The maximum Gasteiger partial charge on any atom is 0.283 e. The van der Waals surface area contributed by atoms with Gasteiger partial charge in [-0.1, -0.05) is 24.6 Å². The molecule has 1 fully saturated rings. The van der Waals surface area contributed by atoms with E-state index in [4.69, 9.17) is 11.6 Å². The largest absolute Gasteiger partial charge is 0.331 e. The Morgan fingerprint density at radius 3 is 2.72 bits per heavy atom. The van der Waals surface area contributed by atoms with Crippen molar-refractivity contribution < 1.29 is 18.0 Å². The Labute approximate surface area is 148 Å². The Hall–Kier alpha value is -2.02. The predicted molar refractivity (Wildman–Crippen MR) is 87.2 cm³/mol. The number of halogens is 4. The summed E-state index contributed by atoms with van der Waals surface area (Å²) >= 11 is 6.05. The number of aromatic nitrogens is 2. The third-order valence-electron chi connectivity index (χ3n) is 4.31. The number of carbonyl (C=O) groups excluding carboxylic acids is 1. The van der Waals surface area contributed by atoms with Gasteiger partial charge in [-0.25, -0.2) is 8.78 Å². The van der Waals surface area contributed by atoms with Crippen molar-refractivity contribution in [3.63, 3.8) is 0 Å². The molecule has 0 atom stereocenters. The van der Waals surface area contributed by atoms with Crippen molar-refractivity contribution in [2.24, 2.45) is 0 Å². The van der Waals surface area contributed by atoms with Crippen molar-refractivity contribution in [2.45, 2.75) is 45.2 Å². The maximum absolute atomic E-state index is 13.9. The molecule has 1 aliphatic carbocycles. The molecular formula is C17H17ClF3N3O. The molecular weight excluding hydrogens is 355 g/mol. The van der Waals surface area contributed by atoms with Gasteiger partial charge in [-0.05, 0) is 42.5 Å². The second-order valence-corrected chi connectivity index (χ2v) is 6.47. The van der Waals surface area contributed by atoms with Gasteiger partial charge in [0.25, 0.3) is 12.3 Å². The van der Waals surface area contributed by atoms with E-state index in [0.29, 0.717) is 5.02 Å². The van der Waals surface area contributed by atoms with E-state index in [2.05, 4.69) is 5.10 Å². The summed E-state index contributed by atoms with van der Waals surface area (Å²) in [6.07, 6.45) is -0.770. The van der Waals surface area contributed by atoms with Crippen molar-refractivity contribution in [1.29, 1.82) is 0 Å². The zero-order chi connectivity index (χ0) is 18.1. The molecule has 0 saturated heterocycles. The fraction of sp³-hybridized carbons (Fsp3) is 0.412. The van der Waals surface area contributed by atoms with Gasteiger partial charge in [-0.2, -0.15) is 9.49 Å². The number of aryl methyl sites for hydroxylation is 1. The number of aromatic amines is 1. The topological polar surface area (TPSA) is 49.0 Å². The number of rotatable bonds is 6. The molecule has 0 aliphatic heterocycles. The van der Waals surface area contributed by atoms with Crippen LogP contribution in [0, 0.1) is 5.95 Å². The summed E-state index contributed by atoms with van der Waals surface area (Å²) in [6.45, 7) is 2.17. The Morgan fingerprint density at radius 2 is 2.12 bits per heavy atom. The lowest BCUT2D eigenvalue weighted by molar-refractivity contribution is 0.0712. The van der Waals surface area contributed by atoms with Crippen molar-refractivity contribution in [1.82, 2.24) is 15.1 Å². The van der Waals surface area contributed by atoms with Gasteiger partial charge in [-0.3, -0.25) is 9.89 Å².